The van der Waals surface area contributed by atoms with Gasteiger partial charge in [-0.1, -0.05) is 103 Å². The number of benzene rings is 3. The third kappa shape index (κ3) is 4.57. The molecular weight excluding hydrogens is 614 g/mol. The summed E-state index contributed by atoms with van der Waals surface area (Å²) in [6.45, 7) is 0.556. The molecule has 2 atom stereocenters. The molecule has 38 heavy (non-hydrogen) atoms. The van der Waals surface area contributed by atoms with E-state index in [0.29, 0.717) is 17.3 Å². The van der Waals surface area contributed by atoms with Crippen LogP contribution in [0.25, 0.3) is 11.2 Å². The van der Waals surface area contributed by atoms with Gasteiger partial charge in [-0.3, -0.25) is 0 Å². The van der Waals surface area contributed by atoms with Gasteiger partial charge in [-0.15, -0.1) is 0 Å². The van der Waals surface area contributed by atoms with Crippen molar-refractivity contribution >= 4 is 45.4 Å². The van der Waals surface area contributed by atoms with Gasteiger partial charge in [-0.25, -0.2) is 15.0 Å². The monoisotopic (exact) mass is 638 g/mol. The first-order valence-electron chi connectivity index (χ1n) is 12.3. The molecule has 1 aliphatic rings. The summed E-state index contributed by atoms with van der Waals surface area (Å²) in [5.41, 5.74) is 3.97. The van der Waals surface area contributed by atoms with E-state index in [4.69, 9.17) is 16.3 Å². The van der Waals surface area contributed by atoms with E-state index in [1.807, 2.05) is 24.5 Å². The molecule has 1 aliphatic carbocycles. The molecule has 5 aromatic rings. The van der Waals surface area contributed by atoms with E-state index in [2.05, 4.69) is 115 Å². The Labute approximate surface area is 239 Å². The summed E-state index contributed by atoms with van der Waals surface area (Å²) in [5, 5.41) is 0.380. The van der Waals surface area contributed by atoms with Crippen molar-refractivity contribution in [1.82, 2.24) is 19.5 Å². The minimum Gasteiger partial charge on any atom is -1.00 e. The fourth-order valence-corrected chi connectivity index (χ4v) is 6.45. The Bertz CT molecular complexity index is 1390. The zero-order valence-electron chi connectivity index (χ0n) is 20.4. The molecule has 0 saturated heterocycles. The lowest BCUT2D eigenvalue weighted by Crippen LogP contribution is -3.00. The fraction of sp³-hybridized carbons (Fsp3) is 0.200. The third-order valence-electron chi connectivity index (χ3n) is 7.32. The molecule has 5 nitrogen and oxygen atoms in total. The number of imidazole rings is 1. The highest BCUT2D eigenvalue weighted by atomic mass is 127. The summed E-state index contributed by atoms with van der Waals surface area (Å²) in [4.78, 5) is 13.1. The normalized spacial score (nSPS) is 17.2. The third-order valence-corrected chi connectivity index (χ3v) is 8.58. The maximum absolute atomic E-state index is 7.17. The van der Waals surface area contributed by atoms with Crippen LogP contribution in [-0.4, -0.2) is 30.6 Å². The van der Waals surface area contributed by atoms with Crippen molar-refractivity contribution in [1.29, 1.82) is 0 Å². The zero-order chi connectivity index (χ0) is 25.2. The van der Waals surface area contributed by atoms with E-state index >= 15 is 0 Å². The van der Waals surface area contributed by atoms with Crippen LogP contribution in [0.4, 0.5) is 0 Å². The predicted octanol–water partition coefficient (Wildman–Crippen LogP) is 4.06. The molecule has 6 rings (SSSR count). The average Bonchev–Trinajstić information content (AvgIpc) is 3.37. The smallest absolute Gasteiger partial charge is 0.165 e. The number of hydrogen-bond acceptors (Lipinski definition) is 4. The lowest BCUT2D eigenvalue weighted by molar-refractivity contribution is -0.0290. The van der Waals surface area contributed by atoms with Gasteiger partial charge in [0.05, 0.1) is 12.9 Å². The van der Waals surface area contributed by atoms with Crippen LogP contribution in [0.2, 0.25) is 5.15 Å². The second-order valence-corrected chi connectivity index (χ2v) is 10.4. The second-order valence-electron chi connectivity index (χ2n) is 9.25. The van der Waals surface area contributed by atoms with Crippen molar-refractivity contribution in [3.63, 3.8) is 0 Å². The Morgan fingerprint density at radius 3 is 1.95 bits per heavy atom. The van der Waals surface area contributed by atoms with Gasteiger partial charge in [0, 0.05) is 0 Å². The minimum absolute atomic E-state index is 0. The van der Waals surface area contributed by atoms with Gasteiger partial charge in [0.1, 0.15) is 46.2 Å². The molecule has 3 aromatic carbocycles. The van der Waals surface area contributed by atoms with Gasteiger partial charge in [-0.2, -0.15) is 0 Å². The molecule has 0 bridgehead atoms. The Balaban J connectivity index is 0.00000294. The number of nitrogens with zero attached hydrogens (tertiary/aromatic N) is 4. The van der Waals surface area contributed by atoms with E-state index in [1.165, 1.54) is 12.2 Å². The van der Waals surface area contributed by atoms with Crippen molar-refractivity contribution in [2.24, 2.45) is 5.92 Å². The molecule has 8 heteroatoms. The van der Waals surface area contributed by atoms with Crippen LogP contribution >= 0.6 is 34.2 Å². The molecule has 0 N–H and O–H groups in total. The van der Waals surface area contributed by atoms with Gasteiger partial charge in [0.15, 0.2) is 10.8 Å². The highest BCUT2D eigenvalue weighted by molar-refractivity contribution is 14.1. The average molecular weight is 639 g/mol. The number of hydrogen-bond donors (Lipinski definition) is 0. The maximum atomic E-state index is 7.17. The molecule has 0 aliphatic heterocycles. The molecular formula is C30H25ClFIN4O. The molecule has 0 unspecified atom stereocenters. The van der Waals surface area contributed by atoms with Crippen molar-refractivity contribution in [2.75, 3.05) is 11.0 Å². The topological polar surface area (TPSA) is 52.8 Å². The van der Waals surface area contributed by atoms with Gasteiger partial charge < -0.3 is 14.0 Å². The van der Waals surface area contributed by atoms with E-state index in [9.17, 15) is 0 Å². The molecule has 2 heterocycles. The van der Waals surface area contributed by atoms with Crippen LogP contribution in [0.1, 0.15) is 29.2 Å². The molecule has 1 fully saturated rings. The van der Waals surface area contributed by atoms with Crippen LogP contribution in [0, 0.1) is 11.8 Å². The van der Waals surface area contributed by atoms with Crippen molar-refractivity contribution in [2.45, 2.75) is 18.1 Å². The van der Waals surface area contributed by atoms with Crippen molar-refractivity contribution < 1.29 is 9.44 Å². The minimum atomic E-state index is -0.747. The molecule has 0 spiro atoms. The van der Waals surface area contributed by atoms with Gasteiger partial charge in [-0.05, 0) is 39.3 Å². The maximum Gasteiger partial charge on any atom is 0.165 e. The lowest BCUT2D eigenvalue weighted by atomic mass is 9.70. The summed E-state index contributed by atoms with van der Waals surface area (Å²) in [6, 6.07) is 31.7. The summed E-state index contributed by atoms with van der Waals surface area (Å²) in [7, 11) is 0. The van der Waals surface area contributed by atoms with Gasteiger partial charge in [0.2, 0.25) is 0 Å². The number of halogens is 3. The highest BCUT2D eigenvalue weighted by Crippen LogP contribution is 2.50. The Morgan fingerprint density at radius 1 is 0.868 bits per heavy atom. The van der Waals surface area contributed by atoms with Crippen LogP contribution in [0.5, 0.6) is 0 Å². The van der Waals surface area contributed by atoms with E-state index in [-0.39, 0.29) is 16.7 Å². The highest BCUT2D eigenvalue weighted by Gasteiger charge is 2.54. The number of rotatable bonds is 8. The van der Waals surface area contributed by atoms with Crippen LogP contribution in [-0.2, 0) is 10.3 Å². The SMILES string of the molecule is Clc1ncnc2c1ncn2[C@@H]1C[C+](CI)[C@H]1COC(c1ccccc1)(c1ccccc1)c1ccccc1.[F-]. The predicted molar refractivity (Wildman–Crippen MR) is 155 cm³/mol. The first-order chi connectivity index (χ1) is 18.2. The van der Waals surface area contributed by atoms with Crippen molar-refractivity contribution in [3.8, 4) is 0 Å². The Kier molecular flexibility index (Phi) is 7.97. The number of aromatic nitrogens is 4. The van der Waals surface area contributed by atoms with E-state index < -0.39 is 5.60 Å². The standard InChI is InChI=1S/C30H25ClIN4O.FH/c31-28-27-29(34-19-33-28)36(20-35-27)26-16-21(17-32)25(26)18-37-30(22-10-4-1-5-11-22,23-12-6-2-7-13-23)24-14-8-3-9-15-24;/h1-15,19-20,25-26H,16-18H2;1H/q+1;/p-1/t25-,26-;/m1./s1. The Hall–Kier alpha value is -3.01. The number of ether oxygens (including phenoxy) is 1. The largest absolute Gasteiger partial charge is 1.00 e. The summed E-state index contributed by atoms with van der Waals surface area (Å²) in [5.74, 6) is 1.70. The molecule has 0 radical (unpaired) electrons. The van der Waals surface area contributed by atoms with E-state index in [0.717, 1.165) is 33.2 Å². The number of alkyl halides is 1. The zero-order valence-corrected chi connectivity index (χ0v) is 23.3. The van der Waals surface area contributed by atoms with Crippen LogP contribution in [0.3, 0.4) is 0 Å². The number of fused-ring (bicyclic) bond motifs is 1. The summed E-state index contributed by atoms with van der Waals surface area (Å²) >= 11 is 8.76. The van der Waals surface area contributed by atoms with Crippen molar-refractivity contribution in [3.05, 3.63) is 131 Å². The first-order valence-corrected chi connectivity index (χ1v) is 14.2. The summed E-state index contributed by atoms with van der Waals surface area (Å²) in [6.07, 6.45) is 4.31. The molecule has 2 aromatic heterocycles. The molecule has 0 amide bonds. The second kappa shape index (κ2) is 11.4. The Morgan fingerprint density at radius 2 is 1.42 bits per heavy atom. The quantitative estimate of drug-likeness (QED) is 0.0846. The van der Waals surface area contributed by atoms with Gasteiger partial charge in [0.25, 0.3) is 0 Å². The van der Waals surface area contributed by atoms with Crippen LogP contribution < -0.4 is 4.70 Å². The summed E-state index contributed by atoms with van der Waals surface area (Å²) < 4.78 is 10.3. The molecule has 1 saturated carbocycles. The molecule has 192 valence electrons. The van der Waals surface area contributed by atoms with Gasteiger partial charge >= 0.3 is 0 Å². The first kappa shape index (κ1) is 26.6. The van der Waals surface area contributed by atoms with E-state index in [1.54, 1.807) is 0 Å². The van der Waals surface area contributed by atoms with Crippen LogP contribution in [0.15, 0.2) is 104 Å². The fourth-order valence-electron chi connectivity index (χ4n) is 5.40. The lowest BCUT2D eigenvalue weighted by Gasteiger charge is -2.40.